The molecule has 1 fully saturated rings. The van der Waals surface area contributed by atoms with Crippen molar-refractivity contribution < 1.29 is 4.74 Å². The molecule has 1 N–H and O–H groups in total. The molecule has 0 saturated carbocycles. The van der Waals surface area contributed by atoms with Gasteiger partial charge in [0.25, 0.3) is 0 Å². The molecule has 0 bridgehead atoms. The van der Waals surface area contributed by atoms with E-state index in [9.17, 15) is 0 Å². The maximum absolute atomic E-state index is 6.01. The molecule has 6 nitrogen and oxygen atoms in total. The van der Waals surface area contributed by atoms with Crippen LogP contribution in [0.4, 0.5) is 11.5 Å². The highest BCUT2D eigenvalue weighted by atomic mass is 16.5. The van der Waals surface area contributed by atoms with Gasteiger partial charge in [0, 0.05) is 25.2 Å². The number of rotatable bonds is 3. The first-order chi connectivity index (χ1) is 10.9. The van der Waals surface area contributed by atoms with Crippen LogP contribution in [0.1, 0.15) is 18.5 Å². The molecule has 0 atom stereocenters. The zero-order valence-electron chi connectivity index (χ0n) is 12.4. The molecule has 22 heavy (non-hydrogen) atoms. The minimum Gasteiger partial charge on any atom is -0.474 e. The summed E-state index contributed by atoms with van der Waals surface area (Å²) in [7, 11) is 0. The average molecular weight is 297 g/mol. The van der Waals surface area contributed by atoms with Crippen LogP contribution in [0.15, 0.2) is 30.7 Å². The third-order valence-corrected chi connectivity index (χ3v) is 4.21. The number of pyridine rings is 1. The van der Waals surface area contributed by atoms with Gasteiger partial charge in [0.1, 0.15) is 18.2 Å². The molecular weight excluding hydrogens is 278 g/mol. The summed E-state index contributed by atoms with van der Waals surface area (Å²) in [6.07, 6.45) is 6.67. The maximum Gasteiger partial charge on any atom is 0.218 e. The van der Waals surface area contributed by atoms with Crippen molar-refractivity contribution >= 4 is 11.5 Å². The van der Waals surface area contributed by atoms with Gasteiger partial charge >= 0.3 is 0 Å². The standard InChI is InChI=1S/C16H19N5O/c1-2-14-13(18-6-1)5-9-21(14)15-10-16(20-11-19-15)22-12-3-7-17-8-4-12/h1-2,6,10-12,17H,3-5,7-9H2. The second kappa shape index (κ2) is 5.88. The zero-order chi connectivity index (χ0) is 14.8. The van der Waals surface area contributed by atoms with Gasteiger partial charge in [0.15, 0.2) is 0 Å². The molecular formula is C16H19N5O. The van der Waals surface area contributed by atoms with Crippen LogP contribution in [0.3, 0.4) is 0 Å². The van der Waals surface area contributed by atoms with Gasteiger partial charge in [-0.3, -0.25) is 4.98 Å². The van der Waals surface area contributed by atoms with E-state index >= 15 is 0 Å². The van der Waals surface area contributed by atoms with E-state index in [1.54, 1.807) is 6.33 Å². The molecule has 2 aromatic rings. The largest absolute Gasteiger partial charge is 0.474 e. The Morgan fingerprint density at radius 3 is 3.00 bits per heavy atom. The van der Waals surface area contributed by atoms with Gasteiger partial charge in [-0.1, -0.05) is 0 Å². The Bertz CT molecular complexity index is 656. The number of hydrogen-bond donors (Lipinski definition) is 1. The van der Waals surface area contributed by atoms with E-state index < -0.39 is 0 Å². The third kappa shape index (κ3) is 2.62. The highest BCUT2D eigenvalue weighted by Crippen LogP contribution is 2.32. The summed E-state index contributed by atoms with van der Waals surface area (Å²) >= 11 is 0. The van der Waals surface area contributed by atoms with Crippen molar-refractivity contribution in [2.45, 2.75) is 25.4 Å². The highest BCUT2D eigenvalue weighted by Gasteiger charge is 2.23. The summed E-state index contributed by atoms with van der Waals surface area (Å²) in [5.41, 5.74) is 2.26. The lowest BCUT2D eigenvalue weighted by Crippen LogP contribution is -2.34. The number of fused-ring (bicyclic) bond motifs is 1. The fourth-order valence-corrected chi connectivity index (χ4v) is 3.07. The molecule has 6 heteroatoms. The van der Waals surface area contributed by atoms with Crippen molar-refractivity contribution in [2.75, 3.05) is 24.5 Å². The lowest BCUT2D eigenvalue weighted by atomic mass is 10.1. The zero-order valence-corrected chi connectivity index (χ0v) is 12.4. The van der Waals surface area contributed by atoms with Crippen LogP contribution in [-0.4, -0.2) is 40.7 Å². The van der Waals surface area contributed by atoms with Crippen molar-refractivity contribution in [1.82, 2.24) is 20.3 Å². The van der Waals surface area contributed by atoms with Gasteiger partial charge in [0.2, 0.25) is 5.88 Å². The Morgan fingerprint density at radius 2 is 2.09 bits per heavy atom. The Kier molecular flexibility index (Phi) is 3.60. The number of nitrogens with one attached hydrogen (secondary N) is 1. The van der Waals surface area contributed by atoms with Gasteiger partial charge < -0.3 is 15.0 Å². The number of nitrogens with zero attached hydrogens (tertiary/aromatic N) is 4. The monoisotopic (exact) mass is 297 g/mol. The van der Waals surface area contributed by atoms with E-state index in [1.165, 1.54) is 0 Å². The first kappa shape index (κ1) is 13.5. The maximum atomic E-state index is 6.01. The summed E-state index contributed by atoms with van der Waals surface area (Å²) in [6, 6.07) is 5.99. The summed E-state index contributed by atoms with van der Waals surface area (Å²) < 4.78 is 6.01. The van der Waals surface area contributed by atoms with Crippen LogP contribution in [0, 0.1) is 0 Å². The molecule has 114 valence electrons. The smallest absolute Gasteiger partial charge is 0.218 e. The minimum atomic E-state index is 0.247. The van der Waals surface area contributed by atoms with Gasteiger partial charge in [-0.2, -0.15) is 0 Å². The van der Waals surface area contributed by atoms with Crippen molar-refractivity contribution in [1.29, 1.82) is 0 Å². The molecule has 0 amide bonds. The third-order valence-electron chi connectivity index (χ3n) is 4.21. The fraction of sp³-hybridized carbons (Fsp3) is 0.438. The van der Waals surface area contributed by atoms with E-state index in [-0.39, 0.29) is 6.10 Å². The van der Waals surface area contributed by atoms with E-state index in [0.29, 0.717) is 5.88 Å². The Labute approximate surface area is 129 Å². The first-order valence-electron chi connectivity index (χ1n) is 7.81. The highest BCUT2D eigenvalue weighted by molar-refractivity contribution is 5.65. The number of ether oxygens (including phenoxy) is 1. The van der Waals surface area contributed by atoms with Crippen LogP contribution in [0.25, 0.3) is 0 Å². The van der Waals surface area contributed by atoms with Gasteiger partial charge in [-0.15, -0.1) is 0 Å². The lowest BCUT2D eigenvalue weighted by Gasteiger charge is -2.24. The van der Waals surface area contributed by atoms with Crippen LogP contribution < -0.4 is 15.0 Å². The molecule has 4 rings (SSSR count). The molecule has 2 aliphatic rings. The van der Waals surface area contributed by atoms with Gasteiger partial charge in [0.05, 0.1) is 11.4 Å². The molecule has 0 unspecified atom stereocenters. The predicted molar refractivity (Wildman–Crippen MR) is 83.5 cm³/mol. The Hall–Kier alpha value is -2.21. The average Bonchev–Trinajstić information content (AvgIpc) is 3.00. The van der Waals surface area contributed by atoms with Crippen molar-refractivity contribution in [3.8, 4) is 5.88 Å². The van der Waals surface area contributed by atoms with Crippen LogP contribution in [-0.2, 0) is 6.42 Å². The lowest BCUT2D eigenvalue weighted by molar-refractivity contribution is 0.156. The number of hydrogen-bond acceptors (Lipinski definition) is 6. The fourth-order valence-electron chi connectivity index (χ4n) is 3.07. The number of aromatic nitrogens is 3. The molecule has 0 aromatic carbocycles. The Morgan fingerprint density at radius 1 is 1.18 bits per heavy atom. The molecule has 0 aliphatic carbocycles. The Balaban J connectivity index is 1.55. The van der Waals surface area contributed by atoms with Crippen molar-refractivity contribution in [3.05, 3.63) is 36.4 Å². The second-order valence-corrected chi connectivity index (χ2v) is 5.65. The van der Waals surface area contributed by atoms with Crippen LogP contribution in [0.2, 0.25) is 0 Å². The minimum absolute atomic E-state index is 0.247. The molecule has 4 heterocycles. The molecule has 2 aromatic heterocycles. The van der Waals surface area contributed by atoms with E-state index in [4.69, 9.17) is 4.74 Å². The molecule has 1 saturated heterocycles. The molecule has 0 radical (unpaired) electrons. The quantitative estimate of drug-likeness (QED) is 0.930. The van der Waals surface area contributed by atoms with Crippen LogP contribution >= 0.6 is 0 Å². The summed E-state index contributed by atoms with van der Waals surface area (Å²) in [6.45, 7) is 2.91. The van der Waals surface area contributed by atoms with Crippen LogP contribution in [0.5, 0.6) is 5.88 Å². The summed E-state index contributed by atoms with van der Waals surface area (Å²) in [5, 5.41) is 3.34. The van der Waals surface area contributed by atoms with E-state index in [1.807, 2.05) is 18.3 Å². The molecule has 0 spiro atoms. The van der Waals surface area contributed by atoms with E-state index in [2.05, 4.69) is 31.2 Å². The number of anilines is 2. The summed E-state index contributed by atoms with van der Waals surface area (Å²) in [5.74, 6) is 1.54. The topological polar surface area (TPSA) is 63.2 Å². The van der Waals surface area contributed by atoms with Gasteiger partial charge in [-0.25, -0.2) is 9.97 Å². The SMILES string of the molecule is c1cnc2c(c1)N(c1cc(OC3CCNCC3)ncn1)CC2. The first-order valence-corrected chi connectivity index (χ1v) is 7.81. The van der Waals surface area contributed by atoms with E-state index in [0.717, 1.165) is 56.1 Å². The second-order valence-electron chi connectivity index (χ2n) is 5.65. The number of piperidine rings is 1. The normalized spacial score (nSPS) is 18.3. The van der Waals surface area contributed by atoms with Crippen molar-refractivity contribution in [3.63, 3.8) is 0 Å². The van der Waals surface area contributed by atoms with Crippen molar-refractivity contribution in [2.24, 2.45) is 0 Å². The summed E-state index contributed by atoms with van der Waals surface area (Å²) in [4.78, 5) is 15.3. The predicted octanol–water partition coefficient (Wildman–Crippen LogP) is 1.70. The molecule has 2 aliphatic heterocycles. The van der Waals surface area contributed by atoms with Gasteiger partial charge in [-0.05, 0) is 38.1 Å².